The Morgan fingerprint density at radius 1 is 1.38 bits per heavy atom. The molecule has 0 spiro atoms. The van der Waals surface area contributed by atoms with Crippen molar-refractivity contribution in [3.05, 3.63) is 22.9 Å². The van der Waals surface area contributed by atoms with Crippen molar-refractivity contribution in [3.8, 4) is 0 Å². The first-order chi connectivity index (χ1) is 9.79. The van der Waals surface area contributed by atoms with Gasteiger partial charge in [-0.05, 0) is 57.5 Å². The molecule has 0 unspecified atom stereocenters. The first-order valence-electron chi connectivity index (χ1n) is 7.35. The van der Waals surface area contributed by atoms with Crippen molar-refractivity contribution >= 4 is 11.9 Å². The lowest BCUT2D eigenvalue weighted by Crippen LogP contribution is -2.21. The Hall–Kier alpha value is -1.62. The van der Waals surface area contributed by atoms with Gasteiger partial charge in [-0.1, -0.05) is 13.8 Å². The minimum atomic E-state index is -0.438. The van der Waals surface area contributed by atoms with Gasteiger partial charge < -0.3 is 9.64 Å². The summed E-state index contributed by atoms with van der Waals surface area (Å²) in [4.78, 5) is 18.4. The van der Waals surface area contributed by atoms with E-state index < -0.39 is 6.09 Å². The molecule has 0 bridgehead atoms. The number of hydrogen-bond donors (Lipinski definition) is 1. The zero-order valence-electron chi connectivity index (χ0n) is 14.0. The van der Waals surface area contributed by atoms with Crippen molar-refractivity contribution < 1.29 is 9.53 Å². The fourth-order valence-electron chi connectivity index (χ4n) is 1.99. The molecule has 0 fully saturated rings. The van der Waals surface area contributed by atoms with Gasteiger partial charge in [-0.3, -0.25) is 5.32 Å². The third-order valence-electron chi connectivity index (χ3n) is 3.05. The van der Waals surface area contributed by atoms with E-state index in [-0.39, 0.29) is 0 Å². The van der Waals surface area contributed by atoms with Gasteiger partial charge in [-0.15, -0.1) is 0 Å². The molecule has 0 radical (unpaired) electrons. The van der Waals surface area contributed by atoms with Crippen LogP contribution in [0.15, 0.2) is 6.07 Å². The maximum absolute atomic E-state index is 11.8. The van der Waals surface area contributed by atoms with Crippen molar-refractivity contribution in [1.82, 2.24) is 9.88 Å². The Kier molecular flexibility index (Phi) is 6.62. The van der Waals surface area contributed by atoms with E-state index in [1.807, 2.05) is 47.9 Å². The molecule has 1 N–H and O–H groups in total. The van der Waals surface area contributed by atoms with Crippen LogP contribution >= 0.6 is 0 Å². The number of nitrogens with zero attached hydrogens (tertiary/aromatic N) is 2. The maximum Gasteiger partial charge on any atom is 0.412 e. The van der Waals surface area contributed by atoms with Gasteiger partial charge in [0.1, 0.15) is 5.82 Å². The topological polar surface area (TPSA) is 54.5 Å². The molecule has 0 aromatic carbocycles. The van der Waals surface area contributed by atoms with Gasteiger partial charge in [-0.2, -0.15) is 0 Å². The smallest absolute Gasteiger partial charge is 0.412 e. The van der Waals surface area contributed by atoms with Crippen molar-refractivity contribution in [3.63, 3.8) is 0 Å². The average Bonchev–Trinajstić information content (AvgIpc) is 2.34. The van der Waals surface area contributed by atoms with Gasteiger partial charge in [0.25, 0.3) is 0 Å². The van der Waals surface area contributed by atoms with Crippen LogP contribution in [0.2, 0.25) is 0 Å². The number of rotatable bonds is 6. The molecule has 118 valence electrons. The number of anilines is 1. The molecule has 1 aromatic rings. The molecular weight excluding hydrogens is 266 g/mol. The third-order valence-corrected chi connectivity index (χ3v) is 3.05. The van der Waals surface area contributed by atoms with Crippen LogP contribution in [0.25, 0.3) is 0 Å². The Morgan fingerprint density at radius 2 is 2.05 bits per heavy atom. The van der Waals surface area contributed by atoms with E-state index in [2.05, 4.69) is 15.2 Å². The number of hydrogen-bond acceptors (Lipinski definition) is 4. The highest BCUT2D eigenvalue weighted by Crippen LogP contribution is 2.20. The Labute approximate surface area is 127 Å². The minimum Gasteiger partial charge on any atom is -0.449 e. The first-order valence-corrected chi connectivity index (χ1v) is 7.35. The van der Waals surface area contributed by atoms with E-state index in [0.29, 0.717) is 18.3 Å². The van der Waals surface area contributed by atoms with Crippen LogP contribution in [0.3, 0.4) is 0 Å². The van der Waals surface area contributed by atoms with Crippen LogP contribution in [0, 0.1) is 19.8 Å². The summed E-state index contributed by atoms with van der Waals surface area (Å²) in [5.74, 6) is 0.930. The van der Waals surface area contributed by atoms with Crippen LogP contribution in [0.4, 0.5) is 10.6 Å². The number of nitrogens with one attached hydrogen (secondary N) is 1. The quantitative estimate of drug-likeness (QED) is 0.876. The van der Waals surface area contributed by atoms with E-state index >= 15 is 0 Å². The maximum atomic E-state index is 11.8. The highest BCUT2D eigenvalue weighted by atomic mass is 16.5. The number of aryl methyl sites for hydroxylation is 2. The molecule has 1 heterocycles. The van der Waals surface area contributed by atoms with E-state index in [1.165, 1.54) is 0 Å². The van der Waals surface area contributed by atoms with Crippen LogP contribution in [0.1, 0.15) is 30.7 Å². The molecule has 21 heavy (non-hydrogen) atoms. The lowest BCUT2D eigenvalue weighted by Gasteiger charge is -2.16. The van der Waals surface area contributed by atoms with Gasteiger partial charge in [0.2, 0.25) is 0 Å². The number of amides is 1. The SMILES string of the molecule is Cc1cc(C)c(CCN(C)C)c(NC(=O)OCC(C)C)n1. The standard InChI is InChI=1S/C16H27N3O2/c1-11(2)10-21-16(20)18-15-14(7-8-19(5)6)12(3)9-13(4)17-15/h9,11H,7-8,10H2,1-6H3,(H,17,18,20). The normalized spacial score (nSPS) is 11.0. The summed E-state index contributed by atoms with van der Waals surface area (Å²) in [7, 11) is 4.06. The van der Waals surface area contributed by atoms with Crippen molar-refractivity contribution in [2.75, 3.05) is 32.6 Å². The molecular formula is C16H27N3O2. The number of aromatic nitrogens is 1. The fourth-order valence-corrected chi connectivity index (χ4v) is 1.99. The number of carbonyl (C=O) groups is 1. The molecule has 5 heteroatoms. The second kappa shape index (κ2) is 7.98. The van der Waals surface area contributed by atoms with Gasteiger partial charge in [0, 0.05) is 12.2 Å². The second-order valence-electron chi connectivity index (χ2n) is 6.08. The molecule has 1 aromatic heterocycles. The average molecular weight is 293 g/mol. The Bertz CT molecular complexity index is 485. The summed E-state index contributed by atoms with van der Waals surface area (Å²) in [5.41, 5.74) is 3.10. The summed E-state index contributed by atoms with van der Waals surface area (Å²) >= 11 is 0. The molecule has 0 aliphatic heterocycles. The zero-order valence-corrected chi connectivity index (χ0v) is 14.0. The summed E-state index contributed by atoms with van der Waals surface area (Å²) in [6, 6.07) is 2.04. The lowest BCUT2D eigenvalue weighted by molar-refractivity contribution is 0.147. The molecule has 5 nitrogen and oxygen atoms in total. The van der Waals surface area contributed by atoms with E-state index in [4.69, 9.17) is 4.74 Å². The second-order valence-corrected chi connectivity index (χ2v) is 6.08. The highest BCUT2D eigenvalue weighted by molar-refractivity contribution is 5.84. The predicted octanol–water partition coefficient (Wildman–Crippen LogP) is 3.01. The molecule has 0 aliphatic rings. The predicted molar refractivity (Wildman–Crippen MR) is 85.8 cm³/mol. The molecule has 0 atom stereocenters. The Morgan fingerprint density at radius 3 is 2.62 bits per heavy atom. The van der Waals surface area contributed by atoms with Crippen molar-refractivity contribution in [2.24, 2.45) is 5.92 Å². The first kappa shape index (κ1) is 17.4. The number of carbonyl (C=O) groups excluding carboxylic acids is 1. The molecule has 1 amide bonds. The fraction of sp³-hybridized carbons (Fsp3) is 0.625. The van der Waals surface area contributed by atoms with Crippen LogP contribution in [-0.2, 0) is 11.2 Å². The summed E-state index contributed by atoms with van der Waals surface area (Å²) in [5, 5.41) is 2.78. The van der Waals surface area contributed by atoms with E-state index in [9.17, 15) is 4.79 Å². The van der Waals surface area contributed by atoms with Crippen LogP contribution in [-0.4, -0.2) is 43.2 Å². The van der Waals surface area contributed by atoms with Crippen molar-refractivity contribution in [2.45, 2.75) is 34.1 Å². The molecule has 1 rings (SSSR count). The summed E-state index contributed by atoms with van der Waals surface area (Å²) < 4.78 is 5.17. The highest BCUT2D eigenvalue weighted by Gasteiger charge is 2.13. The van der Waals surface area contributed by atoms with Crippen LogP contribution in [0.5, 0.6) is 0 Å². The Balaban J connectivity index is 2.85. The van der Waals surface area contributed by atoms with Gasteiger partial charge in [0.05, 0.1) is 6.61 Å². The largest absolute Gasteiger partial charge is 0.449 e. The lowest BCUT2D eigenvalue weighted by atomic mass is 10.1. The minimum absolute atomic E-state index is 0.316. The molecule has 0 saturated carbocycles. The van der Waals surface area contributed by atoms with Gasteiger partial charge in [-0.25, -0.2) is 9.78 Å². The van der Waals surface area contributed by atoms with Crippen LogP contribution < -0.4 is 5.32 Å². The molecule has 0 aliphatic carbocycles. The summed E-state index contributed by atoms with van der Waals surface area (Å²) in [6.45, 7) is 9.29. The van der Waals surface area contributed by atoms with Crippen molar-refractivity contribution in [1.29, 1.82) is 0 Å². The van der Waals surface area contributed by atoms with E-state index in [0.717, 1.165) is 29.8 Å². The summed E-state index contributed by atoms with van der Waals surface area (Å²) in [6.07, 6.45) is 0.402. The number of ether oxygens (including phenoxy) is 1. The number of pyridine rings is 1. The number of likely N-dealkylation sites (N-methyl/N-ethyl adjacent to an activating group) is 1. The zero-order chi connectivity index (χ0) is 16.0. The van der Waals surface area contributed by atoms with Gasteiger partial charge >= 0.3 is 6.09 Å². The van der Waals surface area contributed by atoms with E-state index in [1.54, 1.807) is 0 Å². The van der Waals surface area contributed by atoms with Gasteiger partial charge in [0.15, 0.2) is 0 Å². The monoisotopic (exact) mass is 293 g/mol. The third kappa shape index (κ3) is 6.12. The molecule has 0 saturated heterocycles.